The first kappa shape index (κ1) is 22.3. The molecule has 0 spiro atoms. The van der Waals surface area contributed by atoms with E-state index in [0.717, 1.165) is 0 Å². The molecule has 0 fully saturated rings. The maximum Gasteiger partial charge on any atom is 0.277 e. The molecular weight excluding hydrogens is 392 g/mol. The average molecular weight is 414 g/mol. The number of carbonyl (C=O) groups is 2. The number of non-ortho nitro benzene ring substituents is 1. The molecule has 0 unspecified atom stereocenters. The quantitative estimate of drug-likeness (QED) is 0.368. The average Bonchev–Trinajstić information content (AvgIpc) is 2.72. The molecule has 10 nitrogen and oxygen atoms in total. The van der Waals surface area contributed by atoms with Crippen LogP contribution in [-0.4, -0.2) is 36.2 Å². The Balaban J connectivity index is 1.82. The molecule has 0 radical (unpaired) electrons. The molecule has 2 aromatic carbocycles. The molecule has 0 bridgehead atoms. The van der Waals surface area contributed by atoms with E-state index >= 15 is 0 Å². The lowest BCUT2D eigenvalue weighted by atomic mass is 10.1. The van der Waals surface area contributed by atoms with Gasteiger partial charge in [0, 0.05) is 17.8 Å². The van der Waals surface area contributed by atoms with Crippen molar-refractivity contribution in [3.05, 3.63) is 58.1 Å². The van der Waals surface area contributed by atoms with Crippen molar-refractivity contribution in [2.75, 3.05) is 19.0 Å². The lowest BCUT2D eigenvalue weighted by Crippen LogP contribution is -2.26. The van der Waals surface area contributed by atoms with Crippen molar-refractivity contribution in [3.63, 3.8) is 0 Å². The zero-order chi connectivity index (χ0) is 22.1. The number of benzene rings is 2. The third-order valence-electron chi connectivity index (χ3n) is 3.92. The van der Waals surface area contributed by atoms with Gasteiger partial charge >= 0.3 is 0 Å². The highest BCUT2D eigenvalue weighted by Gasteiger charge is 2.12. The highest BCUT2D eigenvalue weighted by molar-refractivity contribution is 6.06. The van der Waals surface area contributed by atoms with Gasteiger partial charge in [0.05, 0.1) is 24.1 Å². The summed E-state index contributed by atoms with van der Waals surface area (Å²) in [6.45, 7) is 3.05. The summed E-state index contributed by atoms with van der Waals surface area (Å²) in [5.41, 5.74) is 3.58. The molecule has 2 aromatic rings. The van der Waals surface area contributed by atoms with E-state index in [1.54, 1.807) is 51.3 Å². The topological polar surface area (TPSA) is 132 Å². The summed E-state index contributed by atoms with van der Waals surface area (Å²) in [4.78, 5) is 34.3. The Kier molecular flexibility index (Phi) is 7.86. The molecule has 30 heavy (non-hydrogen) atoms. The van der Waals surface area contributed by atoms with E-state index in [2.05, 4.69) is 15.8 Å². The zero-order valence-corrected chi connectivity index (χ0v) is 16.8. The smallest absolute Gasteiger partial charge is 0.277 e. The Bertz CT molecular complexity index is 956. The summed E-state index contributed by atoms with van der Waals surface area (Å²) in [5, 5.41) is 17.3. The number of hydrogen-bond acceptors (Lipinski definition) is 7. The van der Waals surface area contributed by atoms with E-state index in [1.807, 2.05) is 0 Å². The van der Waals surface area contributed by atoms with Crippen molar-refractivity contribution < 1.29 is 24.0 Å². The maximum atomic E-state index is 12.2. The predicted molar refractivity (Wildman–Crippen MR) is 111 cm³/mol. The number of methoxy groups -OCH3 is 1. The molecule has 158 valence electrons. The normalized spacial score (nSPS) is 10.8. The van der Waals surface area contributed by atoms with E-state index in [4.69, 9.17) is 9.47 Å². The zero-order valence-electron chi connectivity index (χ0n) is 16.8. The van der Waals surface area contributed by atoms with Crippen molar-refractivity contribution in [3.8, 4) is 11.5 Å². The molecule has 0 saturated heterocycles. The third kappa shape index (κ3) is 6.89. The Morgan fingerprint density at radius 2 is 1.77 bits per heavy atom. The summed E-state index contributed by atoms with van der Waals surface area (Å²) in [6.07, 6.45) is -0.0955. The molecule has 0 aliphatic heterocycles. The van der Waals surface area contributed by atoms with E-state index in [1.165, 1.54) is 12.1 Å². The number of amides is 2. The second-order valence-electron chi connectivity index (χ2n) is 6.33. The van der Waals surface area contributed by atoms with E-state index in [-0.39, 0.29) is 18.7 Å². The van der Waals surface area contributed by atoms with Gasteiger partial charge in [0.25, 0.3) is 11.6 Å². The molecule has 0 aromatic heterocycles. The number of nitrogens with one attached hydrogen (secondary N) is 2. The molecule has 0 atom stereocenters. The van der Waals surface area contributed by atoms with E-state index in [9.17, 15) is 19.7 Å². The Morgan fingerprint density at radius 3 is 2.40 bits per heavy atom. The van der Waals surface area contributed by atoms with Crippen LogP contribution >= 0.6 is 0 Å². The number of hydrazone groups is 1. The van der Waals surface area contributed by atoms with Gasteiger partial charge in [-0.2, -0.15) is 5.10 Å². The van der Waals surface area contributed by atoms with Crippen LogP contribution in [0.4, 0.5) is 11.4 Å². The van der Waals surface area contributed by atoms with Crippen LogP contribution in [0, 0.1) is 17.0 Å². The lowest BCUT2D eigenvalue weighted by molar-refractivity contribution is -0.384. The van der Waals surface area contributed by atoms with Gasteiger partial charge in [0.2, 0.25) is 5.91 Å². The standard InChI is InChI=1S/C20H22N4O6/c1-13-4-5-15(24(27)28)11-18(13)21-19(25)10-14(2)22-23-20(26)12-30-17-8-6-16(29-3)7-9-17/h4-9,11H,10,12H2,1-3H3,(H,21,25)(H,23,26)/b22-14-. The summed E-state index contributed by atoms with van der Waals surface area (Å²) < 4.78 is 10.4. The molecule has 2 amide bonds. The second kappa shape index (κ2) is 10.6. The van der Waals surface area contributed by atoms with Crippen LogP contribution in [0.3, 0.4) is 0 Å². The van der Waals surface area contributed by atoms with Crippen molar-refractivity contribution in [1.82, 2.24) is 5.43 Å². The van der Waals surface area contributed by atoms with Gasteiger partial charge in [-0.3, -0.25) is 19.7 Å². The minimum absolute atomic E-state index is 0.0955. The first-order chi connectivity index (χ1) is 14.3. The summed E-state index contributed by atoms with van der Waals surface area (Å²) in [6, 6.07) is 11.0. The molecule has 2 rings (SSSR count). The van der Waals surface area contributed by atoms with Crippen LogP contribution in [0.25, 0.3) is 0 Å². The van der Waals surface area contributed by atoms with E-state index < -0.39 is 16.7 Å². The number of ether oxygens (including phenoxy) is 2. The maximum absolute atomic E-state index is 12.2. The number of nitro benzene ring substituents is 1. The number of hydrogen-bond donors (Lipinski definition) is 2. The van der Waals surface area contributed by atoms with Crippen LogP contribution < -0.4 is 20.2 Å². The Labute approximate surface area is 173 Å². The van der Waals surface area contributed by atoms with Gasteiger partial charge in [0.1, 0.15) is 11.5 Å². The monoisotopic (exact) mass is 414 g/mol. The van der Waals surface area contributed by atoms with Gasteiger partial charge in [-0.15, -0.1) is 0 Å². The molecule has 0 saturated carbocycles. The SMILES string of the molecule is COc1ccc(OCC(=O)N/N=C(/C)CC(=O)Nc2cc([N+](=O)[O-])ccc2C)cc1. The summed E-state index contributed by atoms with van der Waals surface area (Å²) >= 11 is 0. The molecule has 0 heterocycles. The molecule has 0 aliphatic carbocycles. The van der Waals surface area contributed by atoms with Crippen molar-refractivity contribution in [2.45, 2.75) is 20.3 Å². The number of aryl methyl sites for hydroxylation is 1. The van der Waals surface area contributed by atoms with Gasteiger partial charge < -0.3 is 14.8 Å². The van der Waals surface area contributed by atoms with Gasteiger partial charge in [0.15, 0.2) is 6.61 Å². The van der Waals surface area contributed by atoms with Crippen LogP contribution in [-0.2, 0) is 9.59 Å². The molecule has 2 N–H and O–H groups in total. The number of nitrogens with zero attached hydrogens (tertiary/aromatic N) is 2. The van der Waals surface area contributed by atoms with E-state index in [0.29, 0.717) is 28.5 Å². The van der Waals surface area contributed by atoms with Gasteiger partial charge in [-0.05, 0) is 43.7 Å². The molecule has 0 aliphatic rings. The fourth-order valence-corrected chi connectivity index (χ4v) is 2.34. The Hall–Kier alpha value is -3.95. The third-order valence-corrected chi connectivity index (χ3v) is 3.92. The van der Waals surface area contributed by atoms with Crippen LogP contribution in [0.2, 0.25) is 0 Å². The summed E-state index contributed by atoms with van der Waals surface area (Å²) in [5.74, 6) is 0.271. The molecular formula is C20H22N4O6. The number of anilines is 1. The first-order valence-corrected chi connectivity index (χ1v) is 8.92. The second-order valence-corrected chi connectivity index (χ2v) is 6.33. The number of rotatable bonds is 9. The van der Waals surface area contributed by atoms with Crippen LogP contribution in [0.5, 0.6) is 11.5 Å². The largest absolute Gasteiger partial charge is 0.497 e. The highest BCUT2D eigenvalue weighted by atomic mass is 16.6. The number of carbonyl (C=O) groups excluding carboxylic acids is 2. The fraction of sp³-hybridized carbons (Fsp3) is 0.250. The van der Waals surface area contributed by atoms with Gasteiger partial charge in [-0.1, -0.05) is 6.07 Å². The van der Waals surface area contributed by atoms with Crippen LogP contribution in [0.15, 0.2) is 47.6 Å². The van der Waals surface area contributed by atoms with Crippen LogP contribution in [0.1, 0.15) is 18.9 Å². The Morgan fingerprint density at radius 1 is 1.10 bits per heavy atom. The summed E-state index contributed by atoms with van der Waals surface area (Å²) in [7, 11) is 1.55. The fourth-order valence-electron chi connectivity index (χ4n) is 2.34. The molecule has 10 heteroatoms. The minimum Gasteiger partial charge on any atom is -0.497 e. The first-order valence-electron chi connectivity index (χ1n) is 8.92. The highest BCUT2D eigenvalue weighted by Crippen LogP contribution is 2.22. The van der Waals surface area contributed by atoms with Crippen molar-refractivity contribution in [1.29, 1.82) is 0 Å². The van der Waals surface area contributed by atoms with Crippen molar-refractivity contribution >= 4 is 28.9 Å². The van der Waals surface area contributed by atoms with Crippen molar-refractivity contribution in [2.24, 2.45) is 5.10 Å². The minimum atomic E-state index is -0.536. The number of nitro groups is 1. The predicted octanol–water partition coefficient (Wildman–Crippen LogP) is 2.81. The lowest BCUT2D eigenvalue weighted by Gasteiger charge is -2.09. The van der Waals surface area contributed by atoms with Gasteiger partial charge in [-0.25, -0.2) is 5.43 Å².